The van der Waals surface area contributed by atoms with Crippen LogP contribution in [0.4, 0.5) is 0 Å². The molecule has 2 rings (SSSR count). The standard InChI is InChI=1S/C11H14N2O3S/c1-11(2,3)16-10(14)7-6-15-8(13-7)9-12-4-5-17-9/h4-5,7H,6H2,1-3H3. The molecule has 2 heterocycles. The molecule has 1 aliphatic rings. The molecule has 6 heteroatoms. The average molecular weight is 254 g/mol. The van der Waals surface area contributed by atoms with Crippen LogP contribution in [0.1, 0.15) is 25.8 Å². The van der Waals surface area contributed by atoms with E-state index in [2.05, 4.69) is 9.98 Å². The third-order valence-electron chi connectivity index (χ3n) is 1.95. The van der Waals surface area contributed by atoms with Crippen molar-refractivity contribution in [3.05, 3.63) is 16.6 Å². The van der Waals surface area contributed by atoms with Crippen LogP contribution in [0.5, 0.6) is 0 Å². The first-order valence-electron chi connectivity index (χ1n) is 5.29. The van der Waals surface area contributed by atoms with Gasteiger partial charge in [-0.1, -0.05) is 0 Å². The summed E-state index contributed by atoms with van der Waals surface area (Å²) >= 11 is 1.43. The van der Waals surface area contributed by atoms with Gasteiger partial charge in [-0.25, -0.2) is 14.8 Å². The second-order valence-electron chi connectivity index (χ2n) is 4.63. The Bertz CT molecular complexity index is 434. The zero-order valence-electron chi connectivity index (χ0n) is 9.97. The van der Waals surface area contributed by atoms with Crippen LogP contribution in [0, 0.1) is 0 Å². The molecule has 1 aliphatic heterocycles. The number of esters is 1. The van der Waals surface area contributed by atoms with Crippen LogP contribution in [0.2, 0.25) is 0 Å². The second kappa shape index (κ2) is 4.44. The average Bonchev–Trinajstić information content (AvgIpc) is 2.86. The summed E-state index contributed by atoms with van der Waals surface area (Å²) in [4.78, 5) is 20.0. The maximum absolute atomic E-state index is 11.7. The van der Waals surface area contributed by atoms with Gasteiger partial charge in [0.05, 0.1) is 0 Å². The smallest absolute Gasteiger partial charge is 0.335 e. The molecule has 0 radical (unpaired) electrons. The minimum atomic E-state index is -0.576. The van der Waals surface area contributed by atoms with Crippen LogP contribution < -0.4 is 0 Å². The number of aromatic nitrogens is 1. The fraction of sp³-hybridized carbons (Fsp3) is 0.545. The number of thiazole rings is 1. The van der Waals surface area contributed by atoms with E-state index in [4.69, 9.17) is 9.47 Å². The molecule has 0 aromatic carbocycles. The van der Waals surface area contributed by atoms with E-state index in [1.54, 1.807) is 6.20 Å². The van der Waals surface area contributed by atoms with Crippen molar-refractivity contribution in [3.8, 4) is 0 Å². The first-order chi connectivity index (χ1) is 7.96. The van der Waals surface area contributed by atoms with Gasteiger partial charge in [0.1, 0.15) is 12.2 Å². The topological polar surface area (TPSA) is 60.8 Å². The molecule has 0 aliphatic carbocycles. The molecule has 0 saturated carbocycles. The lowest BCUT2D eigenvalue weighted by molar-refractivity contribution is -0.156. The van der Waals surface area contributed by atoms with E-state index in [1.807, 2.05) is 26.2 Å². The number of carbonyl (C=O) groups is 1. The normalized spacial score (nSPS) is 19.7. The molecule has 17 heavy (non-hydrogen) atoms. The van der Waals surface area contributed by atoms with Crippen LogP contribution in [-0.4, -0.2) is 35.1 Å². The Labute approximate surface area is 103 Å². The quantitative estimate of drug-likeness (QED) is 0.753. The van der Waals surface area contributed by atoms with E-state index in [-0.39, 0.29) is 12.6 Å². The molecule has 0 amide bonds. The van der Waals surface area contributed by atoms with E-state index >= 15 is 0 Å². The van der Waals surface area contributed by atoms with Gasteiger partial charge >= 0.3 is 5.97 Å². The molecule has 0 fully saturated rings. The van der Waals surface area contributed by atoms with Crippen LogP contribution in [0.3, 0.4) is 0 Å². The summed E-state index contributed by atoms with van der Waals surface area (Å²) in [5.74, 6) is 0.0694. The Morgan fingerprint density at radius 1 is 1.59 bits per heavy atom. The highest BCUT2D eigenvalue weighted by Crippen LogP contribution is 2.17. The molecule has 1 aromatic rings. The molecule has 0 bridgehead atoms. The Kier molecular flexibility index (Phi) is 3.15. The highest BCUT2D eigenvalue weighted by atomic mass is 32.1. The highest BCUT2D eigenvalue weighted by Gasteiger charge is 2.31. The van der Waals surface area contributed by atoms with E-state index in [0.29, 0.717) is 10.9 Å². The summed E-state index contributed by atoms with van der Waals surface area (Å²) < 4.78 is 10.6. The predicted octanol–water partition coefficient (Wildman–Crippen LogP) is 1.63. The van der Waals surface area contributed by atoms with Crippen molar-refractivity contribution in [1.82, 2.24) is 4.98 Å². The molecule has 1 atom stereocenters. The number of carbonyl (C=O) groups excluding carboxylic acids is 1. The number of aliphatic imine (C=N–C) groups is 1. The van der Waals surface area contributed by atoms with Crippen molar-refractivity contribution in [1.29, 1.82) is 0 Å². The molecular weight excluding hydrogens is 240 g/mol. The van der Waals surface area contributed by atoms with Gasteiger partial charge in [0.25, 0.3) is 0 Å². The molecule has 1 aromatic heterocycles. The molecule has 5 nitrogen and oxygen atoms in total. The maximum atomic E-state index is 11.7. The summed E-state index contributed by atoms with van der Waals surface area (Å²) in [6.45, 7) is 5.70. The van der Waals surface area contributed by atoms with E-state index in [0.717, 1.165) is 0 Å². The SMILES string of the molecule is CC(C)(C)OC(=O)C1COC(c2nccs2)=N1. The van der Waals surface area contributed by atoms with Crippen molar-refractivity contribution < 1.29 is 14.3 Å². The minimum absolute atomic E-state index is 0.226. The summed E-state index contributed by atoms with van der Waals surface area (Å²) in [6, 6.07) is -0.576. The highest BCUT2D eigenvalue weighted by molar-refractivity contribution is 7.11. The third-order valence-corrected chi connectivity index (χ3v) is 2.71. The van der Waals surface area contributed by atoms with Gasteiger partial charge in [-0.2, -0.15) is 0 Å². The number of nitrogens with zero attached hydrogens (tertiary/aromatic N) is 2. The van der Waals surface area contributed by atoms with Crippen molar-refractivity contribution in [2.24, 2.45) is 4.99 Å². The molecule has 0 saturated heterocycles. The molecule has 1 unspecified atom stereocenters. The lowest BCUT2D eigenvalue weighted by Gasteiger charge is -2.20. The Balaban J connectivity index is 2.04. The fourth-order valence-electron chi connectivity index (χ4n) is 1.31. The number of rotatable bonds is 2. The van der Waals surface area contributed by atoms with Gasteiger partial charge < -0.3 is 9.47 Å². The van der Waals surface area contributed by atoms with Crippen LogP contribution in [0.15, 0.2) is 16.6 Å². The molecule has 92 valence electrons. The first-order valence-corrected chi connectivity index (χ1v) is 6.17. The van der Waals surface area contributed by atoms with Gasteiger partial charge in [-0.3, -0.25) is 0 Å². The maximum Gasteiger partial charge on any atom is 0.335 e. The summed E-state index contributed by atoms with van der Waals surface area (Å²) in [6.07, 6.45) is 1.67. The van der Waals surface area contributed by atoms with Gasteiger partial charge in [-0.15, -0.1) is 11.3 Å². The monoisotopic (exact) mass is 254 g/mol. The number of hydrogen-bond acceptors (Lipinski definition) is 6. The zero-order valence-corrected chi connectivity index (χ0v) is 10.8. The Morgan fingerprint density at radius 2 is 2.35 bits per heavy atom. The third kappa shape index (κ3) is 3.03. The minimum Gasteiger partial charge on any atom is -0.473 e. The lowest BCUT2D eigenvalue weighted by Crippen LogP contribution is -2.31. The number of hydrogen-bond donors (Lipinski definition) is 0. The molecule has 0 N–H and O–H groups in total. The van der Waals surface area contributed by atoms with Crippen molar-refractivity contribution in [2.45, 2.75) is 32.4 Å². The largest absolute Gasteiger partial charge is 0.473 e. The van der Waals surface area contributed by atoms with Crippen LogP contribution in [-0.2, 0) is 14.3 Å². The molecule has 0 spiro atoms. The van der Waals surface area contributed by atoms with Crippen molar-refractivity contribution in [2.75, 3.05) is 6.61 Å². The lowest BCUT2D eigenvalue weighted by atomic mass is 10.2. The first kappa shape index (κ1) is 12.0. The Morgan fingerprint density at radius 3 is 2.94 bits per heavy atom. The molecular formula is C11H14N2O3S. The van der Waals surface area contributed by atoms with Crippen molar-refractivity contribution >= 4 is 23.2 Å². The van der Waals surface area contributed by atoms with E-state index in [1.165, 1.54) is 11.3 Å². The van der Waals surface area contributed by atoms with Gasteiger partial charge in [0, 0.05) is 11.6 Å². The second-order valence-corrected chi connectivity index (χ2v) is 5.53. The van der Waals surface area contributed by atoms with Crippen LogP contribution in [0.25, 0.3) is 0 Å². The summed E-state index contributed by atoms with van der Waals surface area (Å²) in [5, 5.41) is 2.53. The predicted molar refractivity (Wildman–Crippen MR) is 64.2 cm³/mol. The number of ether oxygens (including phenoxy) is 2. The summed E-state index contributed by atoms with van der Waals surface area (Å²) in [7, 11) is 0. The Hall–Kier alpha value is -1.43. The van der Waals surface area contributed by atoms with Gasteiger partial charge in [-0.05, 0) is 20.8 Å². The summed E-state index contributed by atoms with van der Waals surface area (Å²) in [5.41, 5.74) is -0.503. The van der Waals surface area contributed by atoms with Crippen molar-refractivity contribution in [3.63, 3.8) is 0 Å². The van der Waals surface area contributed by atoms with Gasteiger partial charge in [0.15, 0.2) is 11.0 Å². The van der Waals surface area contributed by atoms with E-state index < -0.39 is 11.6 Å². The van der Waals surface area contributed by atoms with Crippen LogP contribution >= 0.6 is 11.3 Å². The zero-order chi connectivity index (χ0) is 12.5. The fourth-order valence-corrected chi connectivity index (χ4v) is 1.90. The van der Waals surface area contributed by atoms with Gasteiger partial charge in [0.2, 0.25) is 5.90 Å². The van der Waals surface area contributed by atoms with E-state index in [9.17, 15) is 4.79 Å².